The molecule has 1 aliphatic heterocycles. The van der Waals surface area contributed by atoms with Gasteiger partial charge in [-0.05, 0) is 37.1 Å². The van der Waals surface area contributed by atoms with Gasteiger partial charge in [0.15, 0.2) is 11.7 Å². The Kier molecular flexibility index (Phi) is 19.1. The number of Topliss-reactive ketones (excluding diaryl/α,β-unsaturated/α-hetero) is 1. The monoisotopic (exact) mass is 776 g/mol. The van der Waals surface area contributed by atoms with Crippen LogP contribution in [0.3, 0.4) is 0 Å². The number of rotatable bonds is 18. The van der Waals surface area contributed by atoms with E-state index in [2.05, 4.69) is 21.3 Å². The number of carbonyl (C=O) groups excluding carboxylic acids is 4. The van der Waals surface area contributed by atoms with Crippen molar-refractivity contribution in [2.75, 3.05) is 96.9 Å². The number of carboxylic acid groups (broad SMARTS) is 3. The molecule has 0 bridgehead atoms. The van der Waals surface area contributed by atoms with Crippen molar-refractivity contribution < 1.29 is 48.9 Å². The number of anilines is 1. The minimum atomic E-state index is -1.09. The second-order valence-corrected chi connectivity index (χ2v) is 14.3. The van der Waals surface area contributed by atoms with Crippen LogP contribution in [0.2, 0.25) is 0 Å². The van der Waals surface area contributed by atoms with Crippen LogP contribution in [0, 0.1) is 10.8 Å². The van der Waals surface area contributed by atoms with E-state index < -0.39 is 53.6 Å². The lowest BCUT2D eigenvalue weighted by Gasteiger charge is -2.33. The molecule has 1 saturated heterocycles. The lowest BCUT2D eigenvalue weighted by Crippen LogP contribution is -2.52. The van der Waals surface area contributed by atoms with Crippen LogP contribution >= 0.6 is 0 Å². The van der Waals surface area contributed by atoms with Crippen molar-refractivity contribution in [2.24, 2.45) is 11.1 Å². The van der Waals surface area contributed by atoms with Crippen molar-refractivity contribution in [1.82, 2.24) is 35.6 Å². The van der Waals surface area contributed by atoms with Gasteiger partial charge < -0.3 is 42.3 Å². The maximum absolute atomic E-state index is 13.4. The number of carboxylic acids is 3. The van der Waals surface area contributed by atoms with Gasteiger partial charge in [-0.15, -0.1) is 0 Å². The number of benzene rings is 1. The fraction of sp³-hybridized carbons (Fsp3) is 0.600. The summed E-state index contributed by atoms with van der Waals surface area (Å²) >= 11 is 0. The Hall–Kier alpha value is -5.18. The quantitative estimate of drug-likeness (QED) is 0.0344. The largest absolute Gasteiger partial charge is 0.480 e. The van der Waals surface area contributed by atoms with E-state index in [-0.39, 0.29) is 103 Å². The average molecular weight is 777 g/mol. The van der Waals surface area contributed by atoms with Crippen LogP contribution in [0.4, 0.5) is 5.69 Å². The summed E-state index contributed by atoms with van der Waals surface area (Å²) in [7, 11) is 0. The van der Waals surface area contributed by atoms with Crippen molar-refractivity contribution in [3.05, 3.63) is 29.8 Å². The third kappa shape index (κ3) is 19.1. The Labute approximate surface area is 320 Å². The van der Waals surface area contributed by atoms with Gasteiger partial charge in [-0.1, -0.05) is 20.8 Å². The second-order valence-electron chi connectivity index (χ2n) is 14.3. The molecule has 3 amide bonds. The molecule has 20 nitrogen and oxygen atoms in total. The van der Waals surface area contributed by atoms with Gasteiger partial charge in [-0.25, -0.2) is 0 Å². The van der Waals surface area contributed by atoms with Gasteiger partial charge in [-0.3, -0.25) is 58.6 Å². The highest BCUT2D eigenvalue weighted by Crippen LogP contribution is 2.21. The highest BCUT2D eigenvalue weighted by Gasteiger charge is 2.25. The molecule has 0 aromatic heterocycles. The Balaban J connectivity index is 2.13. The number of amides is 3. The molecule has 1 atom stereocenters. The maximum atomic E-state index is 13.4. The molecule has 1 heterocycles. The van der Waals surface area contributed by atoms with Gasteiger partial charge in [0, 0.05) is 75.6 Å². The van der Waals surface area contributed by atoms with E-state index in [1.807, 2.05) is 0 Å². The normalized spacial score (nSPS) is 16.1. The zero-order valence-corrected chi connectivity index (χ0v) is 31.8. The summed E-state index contributed by atoms with van der Waals surface area (Å²) in [4.78, 5) is 93.2. The minimum absolute atomic E-state index is 0.0567. The second kappa shape index (κ2) is 22.9. The van der Waals surface area contributed by atoms with E-state index in [1.165, 1.54) is 0 Å². The van der Waals surface area contributed by atoms with Gasteiger partial charge in [0.05, 0.1) is 32.7 Å². The number of aliphatic carboxylic acids is 3. The number of nitrogens with zero attached hydrogens (tertiary/aromatic N) is 4. The van der Waals surface area contributed by atoms with Crippen LogP contribution in [-0.4, -0.2) is 180 Å². The molecule has 0 spiro atoms. The molecule has 0 aliphatic carbocycles. The zero-order chi connectivity index (χ0) is 41.1. The smallest absolute Gasteiger partial charge is 0.317 e. The Morgan fingerprint density at radius 2 is 1.15 bits per heavy atom. The van der Waals surface area contributed by atoms with Crippen LogP contribution in [0.25, 0.3) is 0 Å². The number of carbonyl (C=O) groups is 7. The first-order chi connectivity index (χ1) is 25.8. The van der Waals surface area contributed by atoms with E-state index in [1.54, 1.807) is 64.6 Å². The number of nitrogens with two attached hydrogens (primary N) is 1. The first kappa shape index (κ1) is 46.0. The zero-order valence-electron chi connectivity index (χ0n) is 31.8. The number of hydrogen-bond donors (Lipinski definition) is 9. The molecule has 1 aromatic rings. The highest BCUT2D eigenvalue weighted by atomic mass is 16.4. The molecule has 1 aliphatic rings. The fourth-order valence-electron chi connectivity index (χ4n) is 5.66. The molecule has 20 heteroatoms. The highest BCUT2D eigenvalue weighted by molar-refractivity contribution is 6.01. The SMILES string of the molecule is CC(C)(C)C(=O)c1ccc(NC(=O)CNC(=O)[C@H](CCCNC(=N)N)NC(=O)CN2CCN(CC(=O)O)CCN(CC(=O)O)CCN(CC(=O)O)CC2)cc1. The van der Waals surface area contributed by atoms with Gasteiger partial charge in [0.2, 0.25) is 17.7 Å². The first-order valence-electron chi connectivity index (χ1n) is 18.0. The van der Waals surface area contributed by atoms with Crippen molar-refractivity contribution in [3.8, 4) is 0 Å². The molecule has 0 radical (unpaired) electrons. The molecule has 306 valence electrons. The van der Waals surface area contributed by atoms with Crippen LogP contribution < -0.4 is 27.0 Å². The first-order valence-corrected chi connectivity index (χ1v) is 18.0. The molecule has 0 unspecified atom stereocenters. The molecular formula is C35H56N10O10. The Bertz CT molecular complexity index is 1470. The van der Waals surface area contributed by atoms with Gasteiger partial charge in [-0.2, -0.15) is 0 Å². The van der Waals surface area contributed by atoms with E-state index in [0.29, 0.717) is 17.7 Å². The number of guanidine groups is 1. The van der Waals surface area contributed by atoms with E-state index in [9.17, 15) is 48.9 Å². The van der Waals surface area contributed by atoms with Crippen molar-refractivity contribution in [3.63, 3.8) is 0 Å². The Morgan fingerprint density at radius 1 is 0.709 bits per heavy atom. The van der Waals surface area contributed by atoms with Crippen LogP contribution in [-0.2, 0) is 28.8 Å². The van der Waals surface area contributed by atoms with Crippen LogP contribution in [0.15, 0.2) is 24.3 Å². The summed E-state index contributed by atoms with van der Waals surface area (Å²) in [5, 5.41) is 46.2. The van der Waals surface area contributed by atoms with Crippen LogP contribution in [0.1, 0.15) is 44.0 Å². The van der Waals surface area contributed by atoms with Crippen molar-refractivity contribution in [2.45, 2.75) is 39.7 Å². The summed E-state index contributed by atoms with van der Waals surface area (Å²) in [5.41, 5.74) is 5.69. The van der Waals surface area contributed by atoms with Crippen molar-refractivity contribution >= 4 is 53.1 Å². The number of hydrogen-bond acceptors (Lipinski definition) is 12. The predicted octanol–water partition coefficient (Wildman–Crippen LogP) is -1.81. The van der Waals surface area contributed by atoms with Crippen molar-refractivity contribution in [1.29, 1.82) is 5.41 Å². The molecule has 0 saturated carbocycles. The third-order valence-electron chi connectivity index (χ3n) is 8.55. The van der Waals surface area contributed by atoms with Gasteiger partial charge in [0.1, 0.15) is 6.04 Å². The molecular weight excluding hydrogens is 720 g/mol. The lowest BCUT2D eigenvalue weighted by atomic mass is 9.86. The maximum Gasteiger partial charge on any atom is 0.317 e. The number of ketones is 1. The van der Waals surface area contributed by atoms with E-state index in [4.69, 9.17) is 11.1 Å². The molecule has 2 rings (SSSR count). The molecule has 1 fully saturated rings. The fourth-order valence-corrected chi connectivity index (χ4v) is 5.66. The Morgan fingerprint density at radius 3 is 1.55 bits per heavy atom. The third-order valence-corrected chi connectivity index (χ3v) is 8.55. The predicted molar refractivity (Wildman–Crippen MR) is 202 cm³/mol. The van der Waals surface area contributed by atoms with E-state index >= 15 is 0 Å². The van der Waals surface area contributed by atoms with E-state index in [0.717, 1.165) is 0 Å². The van der Waals surface area contributed by atoms with Crippen LogP contribution in [0.5, 0.6) is 0 Å². The number of nitrogens with one attached hydrogen (secondary N) is 5. The minimum Gasteiger partial charge on any atom is -0.480 e. The summed E-state index contributed by atoms with van der Waals surface area (Å²) in [6.07, 6.45) is 0.440. The topological polar surface area (TPSA) is 291 Å². The summed E-state index contributed by atoms with van der Waals surface area (Å²) in [5.74, 6) is -5.30. The molecule has 1 aromatic carbocycles. The summed E-state index contributed by atoms with van der Waals surface area (Å²) in [6, 6.07) is 5.28. The summed E-state index contributed by atoms with van der Waals surface area (Å²) in [6.45, 7) is 5.73. The standard InChI is InChI=1S/C35H56N10O10/c1-35(2,3)32(54)24-6-8-25(9-7-24)40-27(46)19-39-33(55)26(5-4-10-38-34(36)37)41-28(47)20-42-11-13-43(21-29(48)49)15-17-45(23-31(52)53)18-16-44(14-12-42)22-30(50)51/h6-9,26H,4-5,10-23H2,1-3H3,(H,39,55)(H,40,46)(H,41,47)(H,48,49)(H,50,51)(H,52,53)(H4,36,37,38)/t26-/m0/s1. The lowest BCUT2D eigenvalue weighted by molar-refractivity contribution is -0.140. The molecule has 10 N–H and O–H groups in total. The van der Waals surface area contributed by atoms with Gasteiger partial charge >= 0.3 is 17.9 Å². The summed E-state index contributed by atoms with van der Waals surface area (Å²) < 4.78 is 0. The average Bonchev–Trinajstić information content (AvgIpc) is 3.08. The van der Waals surface area contributed by atoms with Gasteiger partial charge in [0.25, 0.3) is 0 Å². The molecule has 55 heavy (non-hydrogen) atoms.